The number of methoxy groups -OCH3 is 1. The minimum atomic E-state index is 0.00158. The highest BCUT2D eigenvalue weighted by atomic mass is 16.5. The Morgan fingerprint density at radius 2 is 1.66 bits per heavy atom. The summed E-state index contributed by atoms with van der Waals surface area (Å²) in [6.07, 6.45) is 6.69. The van der Waals surface area contributed by atoms with E-state index in [1.165, 1.54) is 19.3 Å². The van der Waals surface area contributed by atoms with E-state index in [1.54, 1.807) is 7.11 Å². The van der Waals surface area contributed by atoms with Crippen molar-refractivity contribution in [2.75, 3.05) is 12.4 Å². The highest BCUT2D eigenvalue weighted by molar-refractivity contribution is 5.90. The molecule has 32 heavy (non-hydrogen) atoms. The number of unbranched alkanes of at least 4 members (excludes halogenated alkanes) is 4. The molecule has 5 heteroatoms. The van der Waals surface area contributed by atoms with Gasteiger partial charge >= 0.3 is 0 Å². The first-order valence-electron chi connectivity index (χ1n) is 11.5. The summed E-state index contributed by atoms with van der Waals surface area (Å²) in [7, 11) is 1.65. The van der Waals surface area contributed by atoms with Gasteiger partial charge in [-0.05, 0) is 43.2 Å². The molecule has 1 heterocycles. The van der Waals surface area contributed by atoms with Crippen molar-refractivity contribution in [3.63, 3.8) is 0 Å². The fourth-order valence-electron chi connectivity index (χ4n) is 3.67. The van der Waals surface area contributed by atoms with Crippen molar-refractivity contribution in [3.05, 3.63) is 71.5 Å². The summed E-state index contributed by atoms with van der Waals surface area (Å²) < 4.78 is 5.27. The van der Waals surface area contributed by atoms with Crippen LogP contribution in [0.2, 0.25) is 0 Å². The Morgan fingerprint density at radius 3 is 2.34 bits per heavy atom. The van der Waals surface area contributed by atoms with Crippen molar-refractivity contribution in [1.82, 2.24) is 9.97 Å². The van der Waals surface area contributed by atoms with Crippen molar-refractivity contribution in [2.24, 2.45) is 0 Å². The summed E-state index contributed by atoms with van der Waals surface area (Å²) in [5.74, 6) is 1.36. The van der Waals surface area contributed by atoms with Crippen LogP contribution < -0.4 is 10.1 Å². The Balaban J connectivity index is 1.84. The maximum atomic E-state index is 12.6. The van der Waals surface area contributed by atoms with Crippen LogP contribution in [0.25, 0.3) is 11.3 Å². The molecule has 0 bridgehead atoms. The summed E-state index contributed by atoms with van der Waals surface area (Å²) in [5.41, 5.74) is 4.47. The fraction of sp³-hybridized carbons (Fsp3) is 0.370. The van der Waals surface area contributed by atoms with Crippen LogP contribution in [-0.4, -0.2) is 23.0 Å². The smallest absolute Gasteiger partial charge is 0.225 e. The van der Waals surface area contributed by atoms with Gasteiger partial charge in [0.25, 0.3) is 0 Å². The van der Waals surface area contributed by atoms with Crippen LogP contribution in [0.5, 0.6) is 5.75 Å². The van der Waals surface area contributed by atoms with E-state index in [4.69, 9.17) is 14.7 Å². The SMILES string of the molecule is CCCCCCCC(=O)Nc1nc(C)c(-c2ccc(OC)cc2)nc1Cc1ccccc1. The minimum Gasteiger partial charge on any atom is -0.497 e. The zero-order valence-electron chi connectivity index (χ0n) is 19.4. The lowest BCUT2D eigenvalue weighted by molar-refractivity contribution is -0.116. The van der Waals surface area contributed by atoms with Gasteiger partial charge in [0.1, 0.15) is 5.75 Å². The van der Waals surface area contributed by atoms with Gasteiger partial charge in [-0.2, -0.15) is 0 Å². The number of benzene rings is 2. The van der Waals surface area contributed by atoms with Gasteiger partial charge in [-0.25, -0.2) is 9.97 Å². The van der Waals surface area contributed by atoms with Crippen LogP contribution in [0.15, 0.2) is 54.6 Å². The summed E-state index contributed by atoms with van der Waals surface area (Å²) in [6.45, 7) is 4.12. The van der Waals surface area contributed by atoms with Crippen molar-refractivity contribution >= 4 is 11.7 Å². The second kappa shape index (κ2) is 12.0. The first-order valence-corrected chi connectivity index (χ1v) is 11.5. The van der Waals surface area contributed by atoms with Crippen LogP contribution in [-0.2, 0) is 11.2 Å². The molecule has 0 unspecified atom stereocenters. The molecule has 0 saturated heterocycles. The Kier molecular flexibility index (Phi) is 8.79. The average Bonchev–Trinajstić information content (AvgIpc) is 2.81. The number of carbonyl (C=O) groups excluding carboxylic acids is 1. The molecule has 0 aliphatic rings. The van der Waals surface area contributed by atoms with Gasteiger partial charge in [0.05, 0.1) is 24.2 Å². The number of carbonyl (C=O) groups is 1. The largest absolute Gasteiger partial charge is 0.497 e. The molecule has 5 nitrogen and oxygen atoms in total. The molecule has 3 aromatic rings. The molecule has 0 aliphatic heterocycles. The lowest BCUT2D eigenvalue weighted by Gasteiger charge is -2.14. The van der Waals surface area contributed by atoms with Crippen molar-refractivity contribution < 1.29 is 9.53 Å². The number of nitrogens with zero attached hydrogens (tertiary/aromatic N) is 2. The molecular formula is C27H33N3O2. The molecule has 0 fully saturated rings. The van der Waals surface area contributed by atoms with Crippen molar-refractivity contribution in [2.45, 2.75) is 58.8 Å². The van der Waals surface area contributed by atoms with E-state index in [-0.39, 0.29) is 5.91 Å². The Morgan fingerprint density at radius 1 is 0.938 bits per heavy atom. The molecule has 3 rings (SSSR count). The number of amides is 1. The molecule has 2 aromatic carbocycles. The molecule has 0 aliphatic carbocycles. The zero-order chi connectivity index (χ0) is 22.8. The van der Waals surface area contributed by atoms with E-state index < -0.39 is 0 Å². The molecule has 0 radical (unpaired) electrons. The predicted octanol–water partition coefficient (Wildman–Crippen LogP) is 6.35. The maximum Gasteiger partial charge on any atom is 0.225 e. The van der Waals surface area contributed by atoms with E-state index in [9.17, 15) is 4.79 Å². The molecule has 1 aromatic heterocycles. The molecule has 168 valence electrons. The summed E-state index contributed by atoms with van der Waals surface area (Å²) >= 11 is 0. The summed E-state index contributed by atoms with van der Waals surface area (Å²) in [6, 6.07) is 17.9. The van der Waals surface area contributed by atoms with Gasteiger partial charge in [0.15, 0.2) is 5.82 Å². The monoisotopic (exact) mass is 431 g/mol. The standard InChI is InChI=1S/C27H33N3O2/c1-4-5-6-7-11-14-25(31)30-27-24(19-21-12-9-8-10-13-21)29-26(20(2)28-27)22-15-17-23(32-3)18-16-22/h8-10,12-13,15-18H,4-7,11,14,19H2,1-3H3,(H,28,30,31). The number of aryl methyl sites for hydroxylation is 1. The third-order valence-electron chi connectivity index (χ3n) is 5.49. The summed E-state index contributed by atoms with van der Waals surface area (Å²) in [5, 5.41) is 3.03. The van der Waals surface area contributed by atoms with Gasteiger partial charge in [0.2, 0.25) is 5.91 Å². The van der Waals surface area contributed by atoms with Crippen LogP contribution in [0.4, 0.5) is 5.82 Å². The van der Waals surface area contributed by atoms with Crippen LogP contribution in [0, 0.1) is 6.92 Å². The molecule has 0 spiro atoms. The highest BCUT2D eigenvalue weighted by Crippen LogP contribution is 2.27. The molecule has 1 N–H and O–H groups in total. The lowest BCUT2D eigenvalue weighted by atomic mass is 10.1. The van der Waals surface area contributed by atoms with E-state index in [0.717, 1.165) is 46.8 Å². The molecule has 0 saturated carbocycles. The minimum absolute atomic E-state index is 0.00158. The molecular weight excluding hydrogens is 398 g/mol. The van der Waals surface area contributed by atoms with Crippen LogP contribution >= 0.6 is 0 Å². The van der Waals surface area contributed by atoms with Gasteiger partial charge in [-0.3, -0.25) is 4.79 Å². The van der Waals surface area contributed by atoms with Crippen LogP contribution in [0.1, 0.15) is 62.4 Å². The fourth-order valence-corrected chi connectivity index (χ4v) is 3.67. The van der Waals surface area contributed by atoms with E-state index in [0.29, 0.717) is 18.7 Å². The number of rotatable bonds is 11. The van der Waals surface area contributed by atoms with Crippen molar-refractivity contribution in [3.8, 4) is 17.0 Å². The first-order chi connectivity index (χ1) is 15.6. The van der Waals surface area contributed by atoms with Gasteiger partial charge in [-0.15, -0.1) is 0 Å². The third-order valence-corrected chi connectivity index (χ3v) is 5.49. The number of hydrogen-bond donors (Lipinski definition) is 1. The normalized spacial score (nSPS) is 10.7. The number of nitrogens with one attached hydrogen (secondary N) is 1. The van der Waals surface area contributed by atoms with E-state index in [2.05, 4.69) is 24.4 Å². The molecule has 0 atom stereocenters. The second-order valence-electron chi connectivity index (χ2n) is 8.06. The zero-order valence-corrected chi connectivity index (χ0v) is 19.4. The Bertz CT molecular complexity index is 1000. The van der Waals surface area contributed by atoms with Gasteiger partial charge in [-0.1, -0.05) is 62.9 Å². The first kappa shape index (κ1) is 23.5. The number of hydrogen-bond acceptors (Lipinski definition) is 4. The lowest BCUT2D eigenvalue weighted by Crippen LogP contribution is -2.16. The number of aromatic nitrogens is 2. The number of anilines is 1. The van der Waals surface area contributed by atoms with E-state index >= 15 is 0 Å². The number of ether oxygens (including phenoxy) is 1. The third kappa shape index (κ3) is 6.64. The maximum absolute atomic E-state index is 12.6. The topological polar surface area (TPSA) is 64.1 Å². The van der Waals surface area contributed by atoms with Crippen LogP contribution in [0.3, 0.4) is 0 Å². The Hall–Kier alpha value is -3.21. The van der Waals surface area contributed by atoms with Gasteiger partial charge in [0, 0.05) is 18.4 Å². The average molecular weight is 432 g/mol. The highest BCUT2D eigenvalue weighted by Gasteiger charge is 2.16. The van der Waals surface area contributed by atoms with Gasteiger partial charge < -0.3 is 10.1 Å². The second-order valence-corrected chi connectivity index (χ2v) is 8.06. The molecule has 1 amide bonds. The van der Waals surface area contributed by atoms with Crippen molar-refractivity contribution in [1.29, 1.82) is 0 Å². The Labute approximate surface area is 191 Å². The predicted molar refractivity (Wildman–Crippen MR) is 130 cm³/mol. The quantitative estimate of drug-likeness (QED) is 0.359. The van der Waals surface area contributed by atoms with E-state index in [1.807, 2.05) is 49.4 Å². The summed E-state index contributed by atoms with van der Waals surface area (Å²) in [4.78, 5) is 22.3.